The van der Waals surface area contributed by atoms with E-state index in [-0.39, 0.29) is 31.0 Å². The summed E-state index contributed by atoms with van der Waals surface area (Å²) in [6.07, 6.45) is 4.93. The van der Waals surface area contributed by atoms with Gasteiger partial charge in [-0.25, -0.2) is 4.79 Å². The molecule has 1 aliphatic rings. The molecule has 43 heavy (non-hydrogen) atoms. The quantitative estimate of drug-likeness (QED) is 0.242. The van der Waals surface area contributed by atoms with Crippen molar-refractivity contribution in [2.75, 3.05) is 50.0 Å². The maximum Gasteiger partial charge on any atom is 0.327 e. The third-order valence-electron chi connectivity index (χ3n) is 7.14. The molecular formula is C31H42N6O6. The second-order valence-corrected chi connectivity index (χ2v) is 11.1. The molecule has 1 atom stereocenters. The number of carboxylic acids is 1. The van der Waals surface area contributed by atoms with Crippen LogP contribution in [-0.4, -0.2) is 84.1 Å². The van der Waals surface area contributed by atoms with Gasteiger partial charge in [0, 0.05) is 56.2 Å². The number of amides is 3. The number of hydrogen-bond donors (Lipinski definition) is 4. The zero-order valence-corrected chi connectivity index (χ0v) is 25.0. The summed E-state index contributed by atoms with van der Waals surface area (Å²) in [7, 11) is 2.08. The summed E-state index contributed by atoms with van der Waals surface area (Å²) in [6, 6.07) is 9.05. The molecule has 2 heterocycles. The van der Waals surface area contributed by atoms with Crippen molar-refractivity contribution in [1.29, 1.82) is 0 Å². The molecule has 2 aromatic rings. The molecule has 1 aliphatic heterocycles. The van der Waals surface area contributed by atoms with E-state index in [1.807, 2.05) is 26.0 Å². The van der Waals surface area contributed by atoms with Gasteiger partial charge in [0.25, 0.3) is 11.5 Å². The number of carbonyl (C=O) groups excluding carboxylic acids is 3. The molecule has 1 aromatic heterocycles. The third kappa shape index (κ3) is 10.7. The molecule has 1 aromatic carbocycles. The molecule has 4 N–H and O–H groups in total. The number of aromatic nitrogens is 1. The van der Waals surface area contributed by atoms with Crippen LogP contribution in [0, 0.1) is 5.92 Å². The van der Waals surface area contributed by atoms with Gasteiger partial charge in [-0.2, -0.15) is 0 Å². The predicted molar refractivity (Wildman–Crippen MR) is 165 cm³/mol. The van der Waals surface area contributed by atoms with Crippen molar-refractivity contribution in [2.45, 2.75) is 45.7 Å². The molecule has 0 spiro atoms. The van der Waals surface area contributed by atoms with Gasteiger partial charge in [0.1, 0.15) is 18.3 Å². The standard InChI is InChI=1S/C31H42N6O6/c1-22(2)14-15-32-27(38)21-37-16-6-8-26(31(37)43)34-30(42)25(7-4-5-9-28(39)40)33-29(41)23-10-12-24(13-11-23)36-19-17-35(3)18-20-36/h5-6,8-13,16,22,25H,4,7,14-15,17-21H2,1-3H3,(H,32,38)(H,33,41)(H,34,42)(H,39,40). The van der Waals surface area contributed by atoms with Crippen molar-refractivity contribution in [3.63, 3.8) is 0 Å². The normalized spacial score (nSPS) is 14.5. The lowest BCUT2D eigenvalue weighted by molar-refractivity contribution is -0.131. The number of benzene rings is 1. The zero-order chi connectivity index (χ0) is 31.4. The molecule has 232 valence electrons. The SMILES string of the molecule is CC(C)CCNC(=O)Cn1cccc(NC(=O)C(CCC=CC(=O)O)NC(=O)c2ccc(N3CCN(C)CC3)cc2)c1=O. The summed E-state index contributed by atoms with van der Waals surface area (Å²) in [4.78, 5) is 67.1. The maximum atomic E-state index is 13.3. The molecule has 1 saturated heterocycles. The highest BCUT2D eigenvalue weighted by atomic mass is 16.4. The number of aliphatic carboxylic acids is 1. The van der Waals surface area contributed by atoms with E-state index >= 15 is 0 Å². The van der Waals surface area contributed by atoms with Gasteiger partial charge < -0.3 is 35.4 Å². The highest BCUT2D eigenvalue weighted by Gasteiger charge is 2.23. The van der Waals surface area contributed by atoms with Crippen molar-refractivity contribution in [1.82, 2.24) is 20.1 Å². The van der Waals surface area contributed by atoms with Crippen LogP contribution in [0.3, 0.4) is 0 Å². The molecule has 0 bridgehead atoms. The van der Waals surface area contributed by atoms with Gasteiger partial charge in [0.05, 0.1) is 0 Å². The van der Waals surface area contributed by atoms with Crippen LogP contribution in [0.1, 0.15) is 43.5 Å². The average molecular weight is 595 g/mol. The Morgan fingerprint density at radius 3 is 2.35 bits per heavy atom. The van der Waals surface area contributed by atoms with Gasteiger partial charge in [-0.15, -0.1) is 0 Å². The lowest BCUT2D eigenvalue weighted by Crippen LogP contribution is -2.45. The molecule has 1 fully saturated rings. The molecule has 12 nitrogen and oxygen atoms in total. The first-order chi connectivity index (χ1) is 20.5. The lowest BCUT2D eigenvalue weighted by atomic mass is 10.1. The first-order valence-corrected chi connectivity index (χ1v) is 14.5. The zero-order valence-electron chi connectivity index (χ0n) is 25.0. The first kappa shape index (κ1) is 33.1. The highest BCUT2D eigenvalue weighted by Crippen LogP contribution is 2.17. The van der Waals surface area contributed by atoms with Crippen LogP contribution < -0.4 is 26.4 Å². The van der Waals surface area contributed by atoms with Gasteiger partial charge in [0.2, 0.25) is 11.8 Å². The van der Waals surface area contributed by atoms with E-state index in [0.29, 0.717) is 18.0 Å². The van der Waals surface area contributed by atoms with E-state index in [1.54, 1.807) is 18.2 Å². The Bertz CT molecular complexity index is 1350. The van der Waals surface area contributed by atoms with Gasteiger partial charge in [-0.3, -0.25) is 19.2 Å². The summed E-state index contributed by atoms with van der Waals surface area (Å²) < 4.78 is 1.20. The molecular weight excluding hydrogens is 552 g/mol. The number of piperazine rings is 1. The number of likely N-dealkylation sites (N-methyl/N-ethyl adjacent to an activating group) is 1. The number of carboxylic acid groups (broad SMARTS) is 1. The number of nitrogens with zero attached hydrogens (tertiary/aromatic N) is 3. The molecule has 3 amide bonds. The van der Waals surface area contributed by atoms with Crippen molar-refractivity contribution in [2.24, 2.45) is 5.92 Å². The van der Waals surface area contributed by atoms with E-state index in [9.17, 15) is 24.0 Å². The Morgan fingerprint density at radius 2 is 1.70 bits per heavy atom. The topological polar surface area (TPSA) is 153 Å². The summed E-state index contributed by atoms with van der Waals surface area (Å²) in [6.45, 7) is 8.07. The van der Waals surface area contributed by atoms with Crippen LogP contribution in [0.4, 0.5) is 11.4 Å². The first-order valence-electron chi connectivity index (χ1n) is 14.5. The maximum absolute atomic E-state index is 13.3. The number of carbonyl (C=O) groups is 4. The van der Waals surface area contributed by atoms with E-state index in [0.717, 1.165) is 44.4 Å². The van der Waals surface area contributed by atoms with Gasteiger partial charge in [-0.1, -0.05) is 19.9 Å². The minimum Gasteiger partial charge on any atom is -0.478 e. The predicted octanol–water partition coefficient (Wildman–Crippen LogP) is 1.92. The van der Waals surface area contributed by atoms with Crippen LogP contribution in [0.15, 0.2) is 59.5 Å². The molecule has 0 radical (unpaired) electrons. The Morgan fingerprint density at radius 1 is 1.00 bits per heavy atom. The minimum atomic E-state index is -1.12. The number of hydrogen-bond acceptors (Lipinski definition) is 7. The molecule has 0 aliphatic carbocycles. The van der Waals surface area contributed by atoms with E-state index in [1.165, 1.54) is 22.9 Å². The Labute approximate surface area is 251 Å². The van der Waals surface area contributed by atoms with Gasteiger partial charge in [-0.05, 0) is 68.6 Å². The van der Waals surface area contributed by atoms with Crippen LogP contribution in [-0.2, 0) is 20.9 Å². The number of allylic oxidation sites excluding steroid dienone is 1. The Kier molecular flexibility index (Phi) is 12.5. The number of pyridine rings is 1. The fourth-order valence-corrected chi connectivity index (χ4v) is 4.53. The van der Waals surface area contributed by atoms with Crippen molar-refractivity contribution in [3.05, 3.63) is 70.7 Å². The largest absolute Gasteiger partial charge is 0.478 e. The van der Waals surface area contributed by atoms with Gasteiger partial charge in [0.15, 0.2) is 0 Å². The summed E-state index contributed by atoms with van der Waals surface area (Å²) in [5.41, 5.74) is 0.763. The van der Waals surface area contributed by atoms with Crippen LogP contribution in [0.2, 0.25) is 0 Å². The number of rotatable bonds is 14. The lowest BCUT2D eigenvalue weighted by Gasteiger charge is -2.34. The smallest absolute Gasteiger partial charge is 0.327 e. The van der Waals surface area contributed by atoms with E-state index in [4.69, 9.17) is 5.11 Å². The van der Waals surface area contributed by atoms with Crippen molar-refractivity contribution < 1.29 is 24.3 Å². The molecule has 3 rings (SSSR count). The van der Waals surface area contributed by atoms with E-state index < -0.39 is 29.4 Å². The fraction of sp³-hybridized carbons (Fsp3) is 0.452. The molecule has 1 unspecified atom stereocenters. The second kappa shape index (κ2) is 16.3. The van der Waals surface area contributed by atoms with Crippen LogP contribution in [0.25, 0.3) is 0 Å². The second-order valence-electron chi connectivity index (χ2n) is 11.1. The minimum absolute atomic E-state index is 0.0423. The number of nitrogens with one attached hydrogen (secondary N) is 3. The number of anilines is 2. The van der Waals surface area contributed by atoms with Crippen molar-refractivity contribution in [3.8, 4) is 0 Å². The van der Waals surface area contributed by atoms with Crippen LogP contribution in [0.5, 0.6) is 0 Å². The van der Waals surface area contributed by atoms with E-state index in [2.05, 4.69) is 32.8 Å². The summed E-state index contributed by atoms with van der Waals surface area (Å²) >= 11 is 0. The molecule has 0 saturated carbocycles. The highest BCUT2D eigenvalue weighted by molar-refractivity contribution is 6.01. The Balaban J connectivity index is 1.69. The summed E-state index contributed by atoms with van der Waals surface area (Å²) in [5.74, 6) is -2.13. The average Bonchev–Trinajstić information content (AvgIpc) is 2.96. The van der Waals surface area contributed by atoms with Crippen molar-refractivity contribution >= 4 is 35.1 Å². The monoisotopic (exact) mass is 594 g/mol. The van der Waals surface area contributed by atoms with Crippen LogP contribution >= 0.6 is 0 Å². The fourth-order valence-electron chi connectivity index (χ4n) is 4.53. The summed E-state index contributed by atoms with van der Waals surface area (Å²) in [5, 5.41) is 17.0. The molecule has 12 heteroatoms. The van der Waals surface area contributed by atoms with Gasteiger partial charge >= 0.3 is 5.97 Å². The Hall–Kier alpha value is -4.45. The third-order valence-corrected chi connectivity index (χ3v) is 7.14.